The van der Waals surface area contributed by atoms with Crippen molar-refractivity contribution in [2.45, 2.75) is 13.5 Å². The van der Waals surface area contributed by atoms with Gasteiger partial charge < -0.3 is 4.74 Å². The maximum Gasteiger partial charge on any atom is 0.138 e. The average Bonchev–Trinajstić information content (AvgIpc) is 2.30. The Morgan fingerprint density at radius 3 is 2.67 bits per heavy atom. The summed E-state index contributed by atoms with van der Waals surface area (Å²) >= 11 is 9.36. The molecule has 1 nitrogen and oxygen atoms in total. The van der Waals surface area contributed by atoms with Crippen LogP contribution >= 0.6 is 27.5 Å². The Kier molecular flexibility index (Phi) is 4.25. The molecule has 0 spiro atoms. The molecule has 2 rings (SSSR count). The molecule has 4 heteroatoms. The number of hydrogen-bond donors (Lipinski definition) is 0. The second kappa shape index (κ2) is 5.72. The van der Waals surface area contributed by atoms with E-state index in [9.17, 15) is 4.39 Å². The molecule has 0 fully saturated rings. The SMILES string of the molecule is Cc1ccc(OCc2ccc(F)cc2Br)c(Cl)c1. The summed E-state index contributed by atoms with van der Waals surface area (Å²) in [6, 6.07) is 10.1. The van der Waals surface area contributed by atoms with Crippen molar-refractivity contribution in [2.24, 2.45) is 0 Å². The lowest BCUT2D eigenvalue weighted by Crippen LogP contribution is -1.97. The summed E-state index contributed by atoms with van der Waals surface area (Å²) in [6.45, 7) is 2.30. The van der Waals surface area contributed by atoms with Gasteiger partial charge in [0, 0.05) is 10.0 Å². The zero-order valence-corrected chi connectivity index (χ0v) is 12.1. The Morgan fingerprint density at radius 2 is 2.00 bits per heavy atom. The minimum absolute atomic E-state index is 0.279. The summed E-state index contributed by atoms with van der Waals surface area (Å²) in [5.41, 5.74) is 1.95. The molecule has 0 saturated carbocycles. The summed E-state index contributed by atoms with van der Waals surface area (Å²) in [4.78, 5) is 0. The van der Waals surface area contributed by atoms with Gasteiger partial charge in [0.05, 0.1) is 5.02 Å². The molecular weight excluding hydrogens is 319 g/mol. The van der Waals surface area contributed by atoms with Crippen molar-refractivity contribution in [1.82, 2.24) is 0 Å². The van der Waals surface area contributed by atoms with Crippen molar-refractivity contribution < 1.29 is 9.13 Å². The Balaban J connectivity index is 2.11. The lowest BCUT2D eigenvalue weighted by Gasteiger charge is -2.10. The number of halogens is 3. The lowest BCUT2D eigenvalue weighted by atomic mass is 10.2. The van der Waals surface area contributed by atoms with Gasteiger partial charge in [0.15, 0.2) is 0 Å². The van der Waals surface area contributed by atoms with Crippen molar-refractivity contribution in [1.29, 1.82) is 0 Å². The van der Waals surface area contributed by atoms with Crippen LogP contribution in [0, 0.1) is 12.7 Å². The molecule has 0 N–H and O–H groups in total. The molecule has 0 amide bonds. The third-order valence-corrected chi connectivity index (χ3v) is 3.52. The zero-order valence-electron chi connectivity index (χ0n) is 9.71. The van der Waals surface area contributed by atoms with Crippen LogP contribution in [0.2, 0.25) is 5.02 Å². The van der Waals surface area contributed by atoms with Crippen LogP contribution in [0.5, 0.6) is 5.75 Å². The number of ether oxygens (including phenoxy) is 1. The number of rotatable bonds is 3. The van der Waals surface area contributed by atoms with E-state index in [1.54, 1.807) is 6.07 Å². The van der Waals surface area contributed by atoms with Crippen LogP contribution < -0.4 is 4.74 Å². The fourth-order valence-electron chi connectivity index (χ4n) is 1.52. The second-order valence-electron chi connectivity index (χ2n) is 3.96. The summed E-state index contributed by atoms with van der Waals surface area (Å²) < 4.78 is 19.2. The standard InChI is InChI=1S/C14H11BrClFO/c1-9-2-5-14(13(16)6-9)18-8-10-3-4-11(17)7-12(10)15/h2-7H,8H2,1H3. The monoisotopic (exact) mass is 328 g/mol. The minimum atomic E-state index is -0.279. The largest absolute Gasteiger partial charge is 0.487 e. The van der Waals surface area contributed by atoms with E-state index in [4.69, 9.17) is 16.3 Å². The van der Waals surface area contributed by atoms with Crippen LogP contribution in [0.3, 0.4) is 0 Å². The van der Waals surface area contributed by atoms with E-state index in [0.29, 0.717) is 21.9 Å². The first-order chi connectivity index (χ1) is 8.56. The van der Waals surface area contributed by atoms with E-state index in [-0.39, 0.29) is 5.82 Å². The van der Waals surface area contributed by atoms with Gasteiger partial charge in [-0.3, -0.25) is 0 Å². The molecule has 2 aromatic rings. The molecule has 18 heavy (non-hydrogen) atoms. The quantitative estimate of drug-likeness (QED) is 0.758. The van der Waals surface area contributed by atoms with E-state index in [1.807, 2.05) is 25.1 Å². The van der Waals surface area contributed by atoms with Crippen molar-refractivity contribution in [3.63, 3.8) is 0 Å². The van der Waals surface area contributed by atoms with E-state index in [1.165, 1.54) is 12.1 Å². The topological polar surface area (TPSA) is 9.23 Å². The molecule has 0 aromatic heterocycles. The molecule has 0 bridgehead atoms. The van der Waals surface area contributed by atoms with Crippen LogP contribution in [-0.4, -0.2) is 0 Å². The van der Waals surface area contributed by atoms with Gasteiger partial charge in [0.25, 0.3) is 0 Å². The highest BCUT2D eigenvalue weighted by Crippen LogP contribution is 2.27. The molecule has 0 aliphatic rings. The van der Waals surface area contributed by atoms with Gasteiger partial charge in [-0.1, -0.05) is 39.7 Å². The highest BCUT2D eigenvalue weighted by Gasteiger charge is 2.05. The van der Waals surface area contributed by atoms with E-state index < -0.39 is 0 Å². The molecular formula is C14H11BrClFO. The van der Waals surface area contributed by atoms with Gasteiger partial charge >= 0.3 is 0 Å². The maximum atomic E-state index is 12.9. The molecule has 0 radical (unpaired) electrons. The second-order valence-corrected chi connectivity index (χ2v) is 5.22. The summed E-state index contributed by atoms with van der Waals surface area (Å²) in [7, 11) is 0. The predicted molar refractivity (Wildman–Crippen MR) is 74.6 cm³/mol. The molecule has 0 unspecified atom stereocenters. The van der Waals surface area contributed by atoms with Crippen LogP contribution in [-0.2, 0) is 6.61 Å². The van der Waals surface area contributed by atoms with Gasteiger partial charge in [-0.15, -0.1) is 0 Å². The molecule has 0 aliphatic heterocycles. The van der Waals surface area contributed by atoms with Gasteiger partial charge in [-0.2, -0.15) is 0 Å². The fraction of sp³-hybridized carbons (Fsp3) is 0.143. The third kappa shape index (κ3) is 3.24. The van der Waals surface area contributed by atoms with Crippen LogP contribution in [0.25, 0.3) is 0 Å². The van der Waals surface area contributed by atoms with Crippen molar-refractivity contribution in [3.8, 4) is 5.75 Å². The van der Waals surface area contributed by atoms with Gasteiger partial charge in [0.2, 0.25) is 0 Å². The Labute approximate surface area is 119 Å². The van der Waals surface area contributed by atoms with Crippen LogP contribution in [0.4, 0.5) is 4.39 Å². The third-order valence-electron chi connectivity index (χ3n) is 2.49. The summed E-state index contributed by atoms with van der Waals surface area (Å²) in [5, 5.41) is 0.577. The van der Waals surface area contributed by atoms with Crippen molar-refractivity contribution in [3.05, 3.63) is 62.8 Å². The highest BCUT2D eigenvalue weighted by molar-refractivity contribution is 9.10. The highest BCUT2D eigenvalue weighted by atomic mass is 79.9. The van der Waals surface area contributed by atoms with Crippen molar-refractivity contribution >= 4 is 27.5 Å². The van der Waals surface area contributed by atoms with Gasteiger partial charge in [-0.25, -0.2) is 4.39 Å². The van der Waals surface area contributed by atoms with Gasteiger partial charge in [-0.05, 0) is 36.8 Å². The molecule has 94 valence electrons. The van der Waals surface area contributed by atoms with Gasteiger partial charge in [0.1, 0.15) is 18.2 Å². The number of hydrogen-bond acceptors (Lipinski definition) is 1. The normalized spacial score (nSPS) is 10.4. The van der Waals surface area contributed by atoms with Crippen molar-refractivity contribution in [2.75, 3.05) is 0 Å². The van der Waals surface area contributed by atoms with E-state index in [0.717, 1.165) is 11.1 Å². The first kappa shape index (κ1) is 13.4. The van der Waals surface area contributed by atoms with E-state index in [2.05, 4.69) is 15.9 Å². The first-order valence-electron chi connectivity index (χ1n) is 5.39. The zero-order chi connectivity index (χ0) is 13.1. The smallest absolute Gasteiger partial charge is 0.138 e. The summed E-state index contributed by atoms with van der Waals surface area (Å²) in [6.07, 6.45) is 0. The van der Waals surface area contributed by atoms with Crippen LogP contribution in [0.1, 0.15) is 11.1 Å². The lowest BCUT2D eigenvalue weighted by molar-refractivity contribution is 0.305. The number of benzene rings is 2. The Morgan fingerprint density at radius 1 is 1.22 bits per heavy atom. The molecule has 2 aromatic carbocycles. The Hall–Kier alpha value is -1.06. The first-order valence-corrected chi connectivity index (χ1v) is 6.56. The van der Waals surface area contributed by atoms with Crippen LogP contribution in [0.15, 0.2) is 40.9 Å². The fourth-order valence-corrected chi connectivity index (χ4v) is 2.27. The molecule has 0 saturated heterocycles. The molecule has 0 heterocycles. The Bertz CT molecular complexity index is 520. The predicted octanol–water partition coefficient (Wildman–Crippen LogP) is 5.13. The molecule has 0 atom stereocenters. The maximum absolute atomic E-state index is 12.9. The number of aryl methyl sites for hydroxylation is 1. The summed E-state index contributed by atoms with van der Waals surface area (Å²) in [5.74, 6) is 0.345. The molecule has 0 aliphatic carbocycles. The average molecular weight is 330 g/mol. The van der Waals surface area contributed by atoms with E-state index >= 15 is 0 Å². The minimum Gasteiger partial charge on any atom is -0.487 e.